The molecule has 0 aliphatic heterocycles. The molecule has 0 radical (unpaired) electrons. The van der Waals surface area contributed by atoms with Gasteiger partial charge in [-0.3, -0.25) is 5.10 Å². The Morgan fingerprint density at radius 2 is 2.04 bits per heavy atom. The number of hydrogen-bond donors (Lipinski definition) is 3. The number of hydrogen-bond acceptors (Lipinski definition) is 4. The van der Waals surface area contributed by atoms with E-state index in [1.807, 2.05) is 18.2 Å². The van der Waals surface area contributed by atoms with E-state index in [1.54, 1.807) is 6.07 Å². The summed E-state index contributed by atoms with van der Waals surface area (Å²) in [6.45, 7) is 0. The molecule has 4 aromatic rings. The van der Waals surface area contributed by atoms with Crippen molar-refractivity contribution in [2.75, 3.05) is 0 Å². The molecule has 2 N–H and O–H groups in total. The van der Waals surface area contributed by atoms with Crippen molar-refractivity contribution in [1.29, 1.82) is 0 Å². The fourth-order valence-corrected chi connectivity index (χ4v) is 2.89. The second kappa shape index (κ2) is 6.10. The lowest BCUT2D eigenvalue weighted by molar-refractivity contribution is 0.616. The molecule has 0 saturated heterocycles. The van der Waals surface area contributed by atoms with Gasteiger partial charge >= 0.3 is 0 Å². The standard InChI is InChI=1S/C16H12FN5O2S/c17-10-2-4-13-14(8-10)20-16(19-13)15-11-7-9(5-6-18-25(23)24)1-3-12(11)21-22-15/h1-4,6-8,25H,5H2,(H,19,20)(H,21,22). The Bertz CT molecular complexity index is 1180. The molecule has 2 aromatic heterocycles. The van der Waals surface area contributed by atoms with Crippen LogP contribution in [-0.2, 0) is 17.3 Å². The monoisotopic (exact) mass is 357 g/mol. The highest BCUT2D eigenvalue weighted by molar-refractivity contribution is 7.71. The van der Waals surface area contributed by atoms with Crippen LogP contribution in [0.3, 0.4) is 0 Å². The minimum Gasteiger partial charge on any atom is -0.336 e. The first-order valence-corrected chi connectivity index (χ1v) is 8.52. The minimum atomic E-state index is -2.77. The number of nitrogens with one attached hydrogen (secondary N) is 2. The van der Waals surface area contributed by atoms with Crippen LogP contribution in [0.15, 0.2) is 40.8 Å². The molecule has 0 spiro atoms. The molecule has 0 unspecified atom stereocenters. The van der Waals surface area contributed by atoms with Crippen molar-refractivity contribution >= 4 is 39.0 Å². The summed E-state index contributed by atoms with van der Waals surface area (Å²) in [6.07, 6.45) is 1.73. The van der Waals surface area contributed by atoms with E-state index >= 15 is 0 Å². The van der Waals surface area contributed by atoms with Crippen LogP contribution in [0.2, 0.25) is 0 Å². The number of benzene rings is 2. The van der Waals surface area contributed by atoms with Gasteiger partial charge in [0.2, 0.25) is 10.9 Å². The highest BCUT2D eigenvalue weighted by Gasteiger charge is 2.13. The molecular weight excluding hydrogens is 345 g/mol. The van der Waals surface area contributed by atoms with Crippen molar-refractivity contribution in [2.24, 2.45) is 4.40 Å². The van der Waals surface area contributed by atoms with E-state index in [9.17, 15) is 12.8 Å². The second-order valence-electron chi connectivity index (χ2n) is 5.44. The van der Waals surface area contributed by atoms with E-state index in [1.165, 1.54) is 18.3 Å². The number of aromatic nitrogens is 4. The minimum absolute atomic E-state index is 0.340. The van der Waals surface area contributed by atoms with Gasteiger partial charge in [-0.05, 0) is 35.9 Å². The Kier molecular flexibility index (Phi) is 3.77. The van der Waals surface area contributed by atoms with E-state index in [4.69, 9.17) is 0 Å². The number of rotatable bonds is 4. The van der Waals surface area contributed by atoms with Gasteiger partial charge in [0.25, 0.3) is 0 Å². The molecule has 7 nitrogen and oxygen atoms in total. The SMILES string of the molecule is O=[SH](=O)N=CCc1ccc2[nH]nc(-c3nc4ccc(F)cc4[nH]3)c2c1. The van der Waals surface area contributed by atoms with Gasteiger partial charge in [0, 0.05) is 18.0 Å². The Morgan fingerprint density at radius 3 is 2.88 bits per heavy atom. The van der Waals surface area contributed by atoms with Crippen LogP contribution in [0.1, 0.15) is 5.56 Å². The van der Waals surface area contributed by atoms with E-state index in [2.05, 4.69) is 24.6 Å². The zero-order valence-corrected chi connectivity index (χ0v) is 13.6. The van der Waals surface area contributed by atoms with E-state index < -0.39 is 10.9 Å². The zero-order valence-electron chi connectivity index (χ0n) is 12.7. The molecule has 9 heteroatoms. The van der Waals surface area contributed by atoms with Gasteiger partial charge in [0.05, 0.1) is 16.6 Å². The Morgan fingerprint density at radius 1 is 1.16 bits per heavy atom. The summed E-state index contributed by atoms with van der Waals surface area (Å²) in [6, 6.07) is 9.95. The molecule has 0 fully saturated rings. The van der Waals surface area contributed by atoms with Crippen LogP contribution in [0.4, 0.5) is 4.39 Å². The number of nitrogens with zero attached hydrogens (tertiary/aromatic N) is 3. The third-order valence-electron chi connectivity index (χ3n) is 3.80. The molecular formula is C16H12FN5O2S. The predicted molar refractivity (Wildman–Crippen MR) is 93.7 cm³/mol. The molecule has 126 valence electrons. The number of thiol groups is 1. The lowest BCUT2D eigenvalue weighted by atomic mass is 10.1. The average molecular weight is 357 g/mol. The first-order chi connectivity index (χ1) is 12.1. The number of fused-ring (bicyclic) bond motifs is 2. The molecule has 2 aromatic carbocycles. The number of imidazole rings is 1. The Labute approximate surface area is 142 Å². The van der Waals surface area contributed by atoms with Crippen molar-refractivity contribution in [3.63, 3.8) is 0 Å². The summed E-state index contributed by atoms with van der Waals surface area (Å²) in [5, 5.41) is 8.05. The van der Waals surface area contributed by atoms with Crippen LogP contribution in [-0.4, -0.2) is 34.8 Å². The predicted octanol–water partition coefficient (Wildman–Crippen LogP) is 2.38. The van der Waals surface area contributed by atoms with Crippen molar-refractivity contribution < 1.29 is 12.8 Å². The normalized spacial score (nSPS) is 12.1. The molecule has 0 atom stereocenters. The van der Waals surface area contributed by atoms with Crippen LogP contribution in [0.25, 0.3) is 33.5 Å². The largest absolute Gasteiger partial charge is 0.336 e. The first kappa shape index (κ1) is 15.5. The van der Waals surface area contributed by atoms with Crippen LogP contribution >= 0.6 is 0 Å². The average Bonchev–Trinajstić information content (AvgIpc) is 3.17. The van der Waals surface area contributed by atoms with Crippen LogP contribution < -0.4 is 0 Å². The quantitative estimate of drug-likeness (QED) is 0.385. The molecule has 25 heavy (non-hydrogen) atoms. The summed E-state index contributed by atoms with van der Waals surface area (Å²) in [4.78, 5) is 7.52. The van der Waals surface area contributed by atoms with Crippen LogP contribution in [0, 0.1) is 5.82 Å². The maximum atomic E-state index is 13.3. The van der Waals surface area contributed by atoms with E-state index in [0.717, 1.165) is 16.5 Å². The lowest BCUT2D eigenvalue weighted by Crippen LogP contribution is -1.87. The number of aromatic amines is 2. The first-order valence-electron chi connectivity index (χ1n) is 7.39. The third-order valence-corrected chi connectivity index (χ3v) is 4.15. The second-order valence-corrected chi connectivity index (χ2v) is 6.15. The highest BCUT2D eigenvalue weighted by Crippen LogP contribution is 2.27. The fraction of sp³-hybridized carbons (Fsp3) is 0.0625. The van der Waals surface area contributed by atoms with Gasteiger partial charge in [-0.15, -0.1) is 0 Å². The smallest absolute Gasteiger partial charge is 0.242 e. The van der Waals surface area contributed by atoms with Crippen LogP contribution in [0.5, 0.6) is 0 Å². The van der Waals surface area contributed by atoms with Gasteiger partial charge in [-0.1, -0.05) is 6.07 Å². The zero-order chi connectivity index (χ0) is 17.4. The van der Waals surface area contributed by atoms with Gasteiger partial charge in [0.1, 0.15) is 11.5 Å². The summed E-state index contributed by atoms with van der Waals surface area (Å²) in [7, 11) is -2.77. The van der Waals surface area contributed by atoms with Crippen molar-refractivity contribution in [1.82, 2.24) is 20.2 Å². The van der Waals surface area contributed by atoms with Gasteiger partial charge in [-0.2, -0.15) is 9.50 Å². The Balaban J connectivity index is 1.77. The van der Waals surface area contributed by atoms with Crippen molar-refractivity contribution in [2.45, 2.75) is 6.42 Å². The summed E-state index contributed by atoms with van der Waals surface area (Å²) < 4.78 is 37.7. The lowest BCUT2D eigenvalue weighted by Gasteiger charge is -1.97. The number of halogens is 1. The molecule has 4 rings (SSSR count). The van der Waals surface area contributed by atoms with Crippen molar-refractivity contribution in [3.05, 3.63) is 47.8 Å². The van der Waals surface area contributed by atoms with E-state index in [-0.39, 0.29) is 5.82 Å². The summed E-state index contributed by atoms with van der Waals surface area (Å²) >= 11 is 0. The van der Waals surface area contributed by atoms with Gasteiger partial charge in [0.15, 0.2) is 5.82 Å². The molecule has 0 bridgehead atoms. The third kappa shape index (κ3) is 3.01. The summed E-state index contributed by atoms with van der Waals surface area (Å²) in [5.41, 5.74) is 3.55. The van der Waals surface area contributed by atoms with E-state index in [0.29, 0.717) is 29.0 Å². The molecule has 0 aliphatic carbocycles. The molecule has 2 heterocycles. The van der Waals surface area contributed by atoms with Gasteiger partial charge < -0.3 is 4.98 Å². The van der Waals surface area contributed by atoms with Crippen molar-refractivity contribution in [3.8, 4) is 11.5 Å². The highest BCUT2D eigenvalue weighted by atomic mass is 32.2. The fourth-order valence-electron chi connectivity index (χ4n) is 2.68. The maximum absolute atomic E-state index is 13.3. The summed E-state index contributed by atoms with van der Waals surface area (Å²) in [5.74, 6) is 0.188. The molecule has 0 aliphatic rings. The Hall–Kier alpha value is -3.07. The van der Waals surface area contributed by atoms with Gasteiger partial charge in [-0.25, -0.2) is 17.8 Å². The topological polar surface area (TPSA) is 104 Å². The maximum Gasteiger partial charge on any atom is 0.242 e. The molecule has 0 saturated carbocycles. The number of H-pyrrole nitrogens is 2. The molecule has 0 amide bonds.